The quantitative estimate of drug-likeness (QED) is 0.805. The molecule has 1 spiro atoms. The Balaban J connectivity index is 1.39. The minimum Gasteiger partial charge on any atom is -0.338 e. The van der Waals surface area contributed by atoms with E-state index < -0.39 is 5.66 Å². The number of likely N-dealkylation sites (tertiary alicyclic amines) is 1. The number of piperidine rings is 1. The van der Waals surface area contributed by atoms with Gasteiger partial charge in [-0.25, -0.2) is 0 Å². The molecule has 2 heterocycles. The molecule has 4 rings (SSSR count). The molecule has 1 atom stereocenters. The lowest BCUT2D eigenvalue weighted by atomic mass is 9.96. The maximum Gasteiger partial charge on any atom is 0.253 e. The molecule has 0 saturated carbocycles. The minimum absolute atomic E-state index is 0.0214. The fourth-order valence-corrected chi connectivity index (χ4v) is 4.22. The van der Waals surface area contributed by atoms with Gasteiger partial charge in [-0.15, -0.1) is 0 Å². The summed E-state index contributed by atoms with van der Waals surface area (Å²) in [6.07, 6.45) is 1.98. The average molecular weight is 418 g/mol. The van der Waals surface area contributed by atoms with Crippen LogP contribution in [0, 0.1) is 0 Å². The van der Waals surface area contributed by atoms with Gasteiger partial charge in [0.25, 0.3) is 5.91 Å². The molecule has 0 aliphatic carbocycles. The van der Waals surface area contributed by atoms with E-state index in [4.69, 9.17) is 23.2 Å². The third-order valence-electron chi connectivity index (χ3n) is 5.48. The number of nitrogens with one attached hydrogen (secondary N) is 2. The smallest absolute Gasteiger partial charge is 0.253 e. The number of hydrogen-bond donors (Lipinski definition) is 2. The Morgan fingerprint density at radius 1 is 1.07 bits per heavy atom. The normalized spacial score (nSPS) is 21.0. The van der Waals surface area contributed by atoms with Gasteiger partial charge < -0.3 is 10.2 Å². The largest absolute Gasteiger partial charge is 0.338 e. The fourth-order valence-electron chi connectivity index (χ4n) is 3.92. The van der Waals surface area contributed by atoms with E-state index in [1.807, 2.05) is 30.3 Å². The van der Waals surface area contributed by atoms with E-state index in [0.717, 1.165) is 5.56 Å². The molecule has 5 nitrogen and oxygen atoms in total. The summed E-state index contributed by atoms with van der Waals surface area (Å²) < 4.78 is 0. The topological polar surface area (TPSA) is 61.4 Å². The average Bonchev–Trinajstić information content (AvgIpc) is 2.99. The van der Waals surface area contributed by atoms with Crippen molar-refractivity contribution >= 4 is 35.0 Å². The van der Waals surface area contributed by atoms with Crippen LogP contribution in [0.4, 0.5) is 0 Å². The van der Waals surface area contributed by atoms with E-state index in [1.54, 1.807) is 23.1 Å². The van der Waals surface area contributed by atoms with Crippen molar-refractivity contribution in [2.75, 3.05) is 13.1 Å². The number of carbonyl (C=O) groups is 2. The highest BCUT2D eigenvalue weighted by Crippen LogP contribution is 2.28. The predicted molar refractivity (Wildman–Crippen MR) is 110 cm³/mol. The number of rotatable bonds is 3. The van der Waals surface area contributed by atoms with Crippen LogP contribution in [0.15, 0.2) is 48.5 Å². The third kappa shape index (κ3) is 3.88. The number of carbonyl (C=O) groups excluding carboxylic acids is 2. The highest BCUT2D eigenvalue weighted by Gasteiger charge is 2.45. The summed E-state index contributed by atoms with van der Waals surface area (Å²) in [5.41, 5.74) is 1.21. The Labute approximate surface area is 174 Å². The maximum atomic E-state index is 12.8. The first-order valence-electron chi connectivity index (χ1n) is 9.34. The molecular weight excluding hydrogens is 397 g/mol. The van der Waals surface area contributed by atoms with Crippen LogP contribution >= 0.6 is 23.2 Å². The van der Waals surface area contributed by atoms with Crippen LogP contribution in [0.2, 0.25) is 10.0 Å². The van der Waals surface area contributed by atoms with Gasteiger partial charge in [0.1, 0.15) is 0 Å². The fraction of sp³-hybridized carbons (Fsp3) is 0.333. The van der Waals surface area contributed by atoms with Crippen LogP contribution in [0.25, 0.3) is 0 Å². The first-order chi connectivity index (χ1) is 13.5. The number of halogens is 2. The summed E-state index contributed by atoms with van der Waals surface area (Å²) in [5, 5.41) is 7.41. The number of amides is 2. The number of nitrogens with zero attached hydrogens (tertiary/aromatic N) is 1. The standard InChI is InChI=1S/C21H21Cl2N3O2/c22-16-7-6-15(13-17(16)23)20(28)26-10-8-21(9-11-26)24-18(19(27)25-21)12-14-4-2-1-3-5-14/h1-7,13,18,24H,8-12H2,(H,25,27). The summed E-state index contributed by atoms with van der Waals surface area (Å²) in [6, 6.07) is 14.6. The number of benzene rings is 2. The Morgan fingerprint density at radius 2 is 1.79 bits per heavy atom. The van der Waals surface area contributed by atoms with Crippen molar-refractivity contribution in [3.05, 3.63) is 69.7 Å². The van der Waals surface area contributed by atoms with Crippen molar-refractivity contribution in [1.29, 1.82) is 0 Å². The van der Waals surface area contributed by atoms with Crippen LogP contribution in [0.3, 0.4) is 0 Å². The zero-order chi connectivity index (χ0) is 19.7. The maximum absolute atomic E-state index is 12.8. The molecule has 2 aromatic rings. The zero-order valence-electron chi connectivity index (χ0n) is 15.3. The van der Waals surface area contributed by atoms with E-state index in [2.05, 4.69) is 10.6 Å². The highest BCUT2D eigenvalue weighted by atomic mass is 35.5. The Bertz CT molecular complexity index is 896. The second-order valence-corrected chi connectivity index (χ2v) is 8.19. The van der Waals surface area contributed by atoms with Crippen LogP contribution in [0.5, 0.6) is 0 Å². The molecule has 7 heteroatoms. The monoisotopic (exact) mass is 417 g/mol. The zero-order valence-corrected chi connectivity index (χ0v) is 16.8. The minimum atomic E-state index is -0.440. The van der Waals surface area contributed by atoms with Crippen LogP contribution in [-0.4, -0.2) is 41.5 Å². The molecule has 1 unspecified atom stereocenters. The second kappa shape index (κ2) is 7.74. The van der Waals surface area contributed by atoms with E-state index >= 15 is 0 Å². The lowest BCUT2D eigenvalue weighted by Gasteiger charge is -2.39. The molecule has 2 N–H and O–H groups in total. The molecular formula is C21H21Cl2N3O2. The molecule has 2 aromatic carbocycles. The molecule has 146 valence electrons. The van der Waals surface area contributed by atoms with Crippen LogP contribution in [0.1, 0.15) is 28.8 Å². The summed E-state index contributed by atoms with van der Waals surface area (Å²) in [7, 11) is 0. The summed E-state index contributed by atoms with van der Waals surface area (Å²) in [6.45, 7) is 1.12. The van der Waals surface area contributed by atoms with Gasteiger partial charge in [0.05, 0.1) is 21.7 Å². The van der Waals surface area contributed by atoms with Crippen molar-refractivity contribution in [2.24, 2.45) is 0 Å². The van der Waals surface area contributed by atoms with Gasteiger partial charge in [-0.05, 0) is 30.2 Å². The summed E-state index contributed by atoms with van der Waals surface area (Å²) in [4.78, 5) is 27.0. The van der Waals surface area contributed by atoms with E-state index in [0.29, 0.717) is 48.0 Å². The van der Waals surface area contributed by atoms with E-state index in [-0.39, 0.29) is 17.9 Å². The molecule has 0 bridgehead atoms. The van der Waals surface area contributed by atoms with Gasteiger partial charge in [0, 0.05) is 31.5 Å². The third-order valence-corrected chi connectivity index (χ3v) is 6.22. The predicted octanol–water partition coefficient (Wildman–Crippen LogP) is 3.26. The Hall–Kier alpha value is -2.08. The van der Waals surface area contributed by atoms with Crippen molar-refractivity contribution in [3.63, 3.8) is 0 Å². The highest BCUT2D eigenvalue weighted by molar-refractivity contribution is 6.42. The molecule has 2 aliphatic rings. The second-order valence-electron chi connectivity index (χ2n) is 7.38. The first-order valence-corrected chi connectivity index (χ1v) is 10.1. The number of hydrogen-bond acceptors (Lipinski definition) is 3. The van der Waals surface area contributed by atoms with Gasteiger partial charge in [0.2, 0.25) is 5.91 Å². The van der Waals surface area contributed by atoms with E-state index in [1.165, 1.54) is 0 Å². The molecule has 0 radical (unpaired) electrons. The first kappa shape index (κ1) is 19.2. The lowest BCUT2D eigenvalue weighted by molar-refractivity contribution is -0.121. The van der Waals surface area contributed by atoms with Gasteiger partial charge in [-0.3, -0.25) is 14.9 Å². The Morgan fingerprint density at radius 3 is 2.46 bits per heavy atom. The SMILES string of the molecule is O=C1NC2(CCN(C(=O)c3ccc(Cl)c(Cl)c3)CC2)NC1Cc1ccccc1. The van der Waals surface area contributed by atoms with Crippen LogP contribution in [-0.2, 0) is 11.2 Å². The molecule has 0 aromatic heterocycles. The molecule has 2 saturated heterocycles. The molecule has 2 fully saturated rings. The van der Waals surface area contributed by atoms with Crippen molar-refractivity contribution < 1.29 is 9.59 Å². The summed E-state index contributed by atoms with van der Waals surface area (Å²) >= 11 is 12.0. The lowest BCUT2D eigenvalue weighted by Crippen LogP contribution is -2.58. The van der Waals surface area contributed by atoms with Gasteiger partial charge in [-0.1, -0.05) is 53.5 Å². The summed E-state index contributed by atoms with van der Waals surface area (Å²) in [5.74, 6) is -0.0494. The van der Waals surface area contributed by atoms with Crippen molar-refractivity contribution in [2.45, 2.75) is 31.0 Å². The van der Waals surface area contributed by atoms with Crippen LogP contribution < -0.4 is 10.6 Å². The molecule has 2 aliphatic heterocycles. The van der Waals surface area contributed by atoms with Gasteiger partial charge in [-0.2, -0.15) is 0 Å². The molecule has 2 amide bonds. The van der Waals surface area contributed by atoms with Crippen molar-refractivity contribution in [3.8, 4) is 0 Å². The molecule has 28 heavy (non-hydrogen) atoms. The van der Waals surface area contributed by atoms with Gasteiger partial charge in [0.15, 0.2) is 0 Å². The van der Waals surface area contributed by atoms with E-state index in [9.17, 15) is 9.59 Å². The van der Waals surface area contributed by atoms with Gasteiger partial charge >= 0.3 is 0 Å². The Kier molecular flexibility index (Phi) is 5.32. The van der Waals surface area contributed by atoms with Crippen molar-refractivity contribution in [1.82, 2.24) is 15.5 Å².